The molecule has 1 N–H and O–H groups in total. The summed E-state index contributed by atoms with van der Waals surface area (Å²) >= 11 is 0. The normalized spacial score (nSPS) is 11.0. The summed E-state index contributed by atoms with van der Waals surface area (Å²) in [5.41, 5.74) is 6.45. The molecule has 1 heterocycles. The van der Waals surface area contributed by atoms with Crippen LogP contribution in [0.4, 0.5) is 0 Å². The van der Waals surface area contributed by atoms with Crippen molar-refractivity contribution < 1.29 is 0 Å². The number of aryl methyl sites for hydroxylation is 2. The van der Waals surface area contributed by atoms with Crippen molar-refractivity contribution in [1.82, 2.24) is 15.1 Å². The topological polar surface area (TPSA) is 29.9 Å². The van der Waals surface area contributed by atoms with Crippen LogP contribution in [0, 0.1) is 13.8 Å². The van der Waals surface area contributed by atoms with E-state index in [1.807, 2.05) is 10.9 Å². The molecule has 2 aromatic rings. The Hall–Kier alpha value is -1.61. The molecule has 3 nitrogen and oxygen atoms in total. The number of hydrogen-bond acceptors (Lipinski definition) is 2. The van der Waals surface area contributed by atoms with E-state index in [2.05, 4.69) is 56.3 Å². The second-order valence-electron chi connectivity index (χ2n) is 5.29. The number of rotatable bonds is 6. The molecule has 3 heteroatoms. The lowest BCUT2D eigenvalue weighted by atomic mass is 9.99. The molecule has 0 spiro atoms. The summed E-state index contributed by atoms with van der Waals surface area (Å²) < 4.78 is 2.05. The molecular weight excluding hydrogens is 246 g/mol. The predicted octanol–water partition coefficient (Wildman–Crippen LogP) is 3.69. The highest BCUT2D eigenvalue weighted by Crippen LogP contribution is 2.27. The number of aromatic nitrogens is 2. The highest BCUT2D eigenvalue weighted by Gasteiger charge is 2.10. The Morgan fingerprint density at radius 2 is 1.95 bits per heavy atom. The molecule has 0 aliphatic rings. The zero-order valence-electron chi connectivity index (χ0n) is 13.0. The highest BCUT2D eigenvalue weighted by molar-refractivity contribution is 5.69. The zero-order valence-corrected chi connectivity index (χ0v) is 13.0. The van der Waals surface area contributed by atoms with Gasteiger partial charge in [-0.05, 0) is 50.4 Å². The van der Waals surface area contributed by atoms with Crippen molar-refractivity contribution in [2.75, 3.05) is 6.54 Å². The maximum absolute atomic E-state index is 4.44. The van der Waals surface area contributed by atoms with Crippen molar-refractivity contribution in [3.63, 3.8) is 0 Å². The smallest absolute Gasteiger partial charge is 0.0571 e. The van der Waals surface area contributed by atoms with E-state index in [1.54, 1.807) is 0 Å². The molecule has 0 saturated carbocycles. The van der Waals surface area contributed by atoms with E-state index < -0.39 is 0 Å². The third kappa shape index (κ3) is 3.10. The van der Waals surface area contributed by atoms with E-state index in [0.717, 1.165) is 19.6 Å². The summed E-state index contributed by atoms with van der Waals surface area (Å²) in [6.07, 6.45) is 3.16. The van der Waals surface area contributed by atoms with Crippen LogP contribution in [-0.4, -0.2) is 16.3 Å². The molecule has 0 amide bonds. The number of nitrogens with zero attached hydrogens (tertiary/aromatic N) is 2. The fourth-order valence-corrected chi connectivity index (χ4v) is 2.58. The van der Waals surface area contributed by atoms with Gasteiger partial charge in [0, 0.05) is 24.3 Å². The Morgan fingerprint density at radius 3 is 2.55 bits per heavy atom. The van der Waals surface area contributed by atoms with E-state index in [0.29, 0.717) is 0 Å². The van der Waals surface area contributed by atoms with Crippen LogP contribution in [0.15, 0.2) is 24.4 Å². The minimum absolute atomic E-state index is 0.921. The van der Waals surface area contributed by atoms with Crippen molar-refractivity contribution in [3.8, 4) is 11.1 Å². The minimum atomic E-state index is 0.921. The summed E-state index contributed by atoms with van der Waals surface area (Å²) in [5, 5.41) is 7.89. The third-order valence-corrected chi connectivity index (χ3v) is 3.74. The first-order valence-electron chi connectivity index (χ1n) is 7.50. The molecule has 0 bridgehead atoms. The van der Waals surface area contributed by atoms with Gasteiger partial charge in [-0.2, -0.15) is 5.10 Å². The van der Waals surface area contributed by atoms with Gasteiger partial charge in [-0.25, -0.2) is 0 Å². The molecule has 108 valence electrons. The molecule has 1 aromatic carbocycles. The fourth-order valence-electron chi connectivity index (χ4n) is 2.58. The molecule has 0 atom stereocenters. The maximum atomic E-state index is 4.44. The molecule has 0 aliphatic carbocycles. The first-order chi connectivity index (χ1) is 9.67. The Morgan fingerprint density at radius 1 is 1.15 bits per heavy atom. The largest absolute Gasteiger partial charge is 0.313 e. The summed E-state index contributed by atoms with van der Waals surface area (Å²) in [7, 11) is 0. The van der Waals surface area contributed by atoms with E-state index in [9.17, 15) is 0 Å². The second-order valence-corrected chi connectivity index (χ2v) is 5.29. The van der Waals surface area contributed by atoms with Crippen LogP contribution < -0.4 is 5.32 Å². The number of hydrogen-bond donors (Lipinski definition) is 1. The van der Waals surface area contributed by atoms with Crippen LogP contribution in [0.25, 0.3) is 11.1 Å². The summed E-state index contributed by atoms with van der Waals surface area (Å²) in [6.45, 7) is 11.6. The van der Waals surface area contributed by atoms with Crippen LogP contribution in [0.3, 0.4) is 0 Å². The van der Waals surface area contributed by atoms with Gasteiger partial charge >= 0.3 is 0 Å². The lowest BCUT2D eigenvalue weighted by molar-refractivity contribution is 0.640. The fraction of sp³-hybridized carbons (Fsp3) is 0.471. The summed E-state index contributed by atoms with van der Waals surface area (Å²) in [6, 6.07) is 6.72. The molecule has 20 heavy (non-hydrogen) atoms. The SMILES string of the molecule is CCCNCc1ccc(-c2cnn(CC)c2C)c(C)c1. The minimum Gasteiger partial charge on any atom is -0.313 e. The third-order valence-electron chi connectivity index (χ3n) is 3.74. The van der Waals surface area contributed by atoms with Crippen LogP contribution in [0.2, 0.25) is 0 Å². The van der Waals surface area contributed by atoms with Crippen molar-refractivity contribution in [1.29, 1.82) is 0 Å². The van der Waals surface area contributed by atoms with Gasteiger partial charge in [-0.1, -0.05) is 25.1 Å². The van der Waals surface area contributed by atoms with E-state index >= 15 is 0 Å². The quantitative estimate of drug-likeness (QED) is 0.812. The Balaban J connectivity index is 2.22. The van der Waals surface area contributed by atoms with Crippen LogP contribution in [0.1, 0.15) is 37.1 Å². The molecule has 2 rings (SSSR count). The van der Waals surface area contributed by atoms with Gasteiger partial charge in [0.05, 0.1) is 6.20 Å². The van der Waals surface area contributed by atoms with Crippen LogP contribution in [0.5, 0.6) is 0 Å². The summed E-state index contributed by atoms with van der Waals surface area (Å²) in [4.78, 5) is 0. The van der Waals surface area contributed by atoms with E-state index in [-0.39, 0.29) is 0 Å². The van der Waals surface area contributed by atoms with Crippen LogP contribution >= 0.6 is 0 Å². The van der Waals surface area contributed by atoms with Crippen molar-refractivity contribution >= 4 is 0 Å². The molecule has 0 saturated heterocycles. The highest BCUT2D eigenvalue weighted by atomic mass is 15.3. The number of benzene rings is 1. The monoisotopic (exact) mass is 271 g/mol. The van der Waals surface area contributed by atoms with Crippen molar-refractivity contribution in [2.24, 2.45) is 0 Å². The standard InChI is InChI=1S/C17H25N3/c1-5-9-18-11-15-7-8-16(13(3)10-15)17-12-19-20(6-2)14(17)4/h7-8,10,12,18H,5-6,9,11H2,1-4H3. The van der Waals surface area contributed by atoms with Crippen LogP contribution in [-0.2, 0) is 13.1 Å². The molecule has 0 aliphatic heterocycles. The first-order valence-corrected chi connectivity index (χ1v) is 7.50. The zero-order chi connectivity index (χ0) is 14.5. The Labute approximate surface area is 122 Å². The molecule has 0 radical (unpaired) electrons. The van der Waals surface area contributed by atoms with Gasteiger partial charge in [0.2, 0.25) is 0 Å². The Bertz CT molecular complexity index is 570. The lowest BCUT2D eigenvalue weighted by Gasteiger charge is -2.09. The van der Waals surface area contributed by atoms with Gasteiger partial charge in [-0.15, -0.1) is 0 Å². The van der Waals surface area contributed by atoms with Gasteiger partial charge in [-0.3, -0.25) is 4.68 Å². The predicted molar refractivity (Wildman–Crippen MR) is 84.8 cm³/mol. The van der Waals surface area contributed by atoms with E-state index in [4.69, 9.17) is 0 Å². The van der Waals surface area contributed by atoms with Gasteiger partial charge in [0.15, 0.2) is 0 Å². The molecule has 1 aromatic heterocycles. The average molecular weight is 271 g/mol. The molecule has 0 unspecified atom stereocenters. The maximum Gasteiger partial charge on any atom is 0.0571 e. The van der Waals surface area contributed by atoms with E-state index in [1.165, 1.54) is 34.4 Å². The van der Waals surface area contributed by atoms with Gasteiger partial charge < -0.3 is 5.32 Å². The van der Waals surface area contributed by atoms with Gasteiger partial charge in [0.25, 0.3) is 0 Å². The first kappa shape index (κ1) is 14.8. The summed E-state index contributed by atoms with van der Waals surface area (Å²) in [5.74, 6) is 0. The Kier molecular flexibility index (Phi) is 4.96. The average Bonchev–Trinajstić information content (AvgIpc) is 2.80. The lowest BCUT2D eigenvalue weighted by Crippen LogP contribution is -2.13. The van der Waals surface area contributed by atoms with Crippen molar-refractivity contribution in [2.45, 2.75) is 47.2 Å². The van der Waals surface area contributed by atoms with Crippen molar-refractivity contribution in [3.05, 3.63) is 41.2 Å². The second kappa shape index (κ2) is 6.71. The molecule has 0 fully saturated rings. The number of nitrogens with one attached hydrogen (secondary N) is 1. The van der Waals surface area contributed by atoms with Gasteiger partial charge in [0.1, 0.15) is 0 Å². The molecular formula is C17H25N3.